The van der Waals surface area contributed by atoms with Crippen molar-refractivity contribution >= 4 is 17.1 Å². The lowest BCUT2D eigenvalue weighted by atomic mass is 9.70. The van der Waals surface area contributed by atoms with Crippen LogP contribution in [0, 0.1) is 12.3 Å². The molecule has 0 radical (unpaired) electrons. The lowest BCUT2D eigenvalue weighted by molar-refractivity contribution is -0.111. The van der Waals surface area contributed by atoms with Crippen LogP contribution in [-0.4, -0.2) is 11.6 Å². The summed E-state index contributed by atoms with van der Waals surface area (Å²) >= 11 is 0. The first kappa shape index (κ1) is 22.0. The second-order valence-electron chi connectivity index (χ2n) is 9.27. The highest BCUT2D eigenvalue weighted by molar-refractivity contribution is 6.20. The topological polar surface area (TPSA) is 43.4 Å². The van der Waals surface area contributed by atoms with Crippen molar-refractivity contribution in [3.05, 3.63) is 87.7 Å². The molecular weight excluding hydrogens is 396 g/mol. The van der Waals surface area contributed by atoms with Crippen LogP contribution in [0.5, 0.6) is 5.75 Å². The molecule has 3 heteroatoms. The van der Waals surface area contributed by atoms with Crippen LogP contribution in [0.15, 0.2) is 54.3 Å². The number of allylic oxidation sites excluding steroid dienone is 3. The molecule has 4 rings (SSSR count). The quantitative estimate of drug-likeness (QED) is 0.523. The average Bonchev–Trinajstić information content (AvgIpc) is 2.78. The van der Waals surface area contributed by atoms with Crippen LogP contribution in [0.3, 0.4) is 0 Å². The maximum Gasteiger partial charge on any atom is 0.163 e. The van der Waals surface area contributed by atoms with Crippen LogP contribution in [-0.2, 0) is 24.2 Å². The van der Waals surface area contributed by atoms with E-state index in [-0.39, 0.29) is 17.0 Å². The zero-order chi connectivity index (χ0) is 23.0. The highest BCUT2D eigenvalue weighted by atomic mass is 16.5. The van der Waals surface area contributed by atoms with Gasteiger partial charge in [0, 0.05) is 23.0 Å². The number of ketones is 2. The van der Waals surface area contributed by atoms with Crippen molar-refractivity contribution in [3.63, 3.8) is 0 Å². The predicted molar refractivity (Wildman–Crippen MR) is 128 cm³/mol. The van der Waals surface area contributed by atoms with Gasteiger partial charge in [-0.3, -0.25) is 9.59 Å². The zero-order valence-corrected chi connectivity index (χ0v) is 19.4. The number of benzene rings is 2. The number of carbonyl (C=O) groups excluding carboxylic acids is 2. The van der Waals surface area contributed by atoms with E-state index in [1.807, 2.05) is 31.2 Å². The number of rotatable bonds is 5. The van der Waals surface area contributed by atoms with Gasteiger partial charge in [0.25, 0.3) is 0 Å². The molecule has 0 saturated carbocycles. The Bertz CT molecular complexity index is 1210. The Balaban J connectivity index is 1.61. The molecule has 32 heavy (non-hydrogen) atoms. The lowest BCUT2D eigenvalue weighted by Crippen LogP contribution is -2.24. The highest BCUT2D eigenvalue weighted by Crippen LogP contribution is 2.42. The molecule has 0 spiro atoms. The molecule has 2 aromatic rings. The van der Waals surface area contributed by atoms with Crippen molar-refractivity contribution in [3.8, 4) is 5.75 Å². The first-order valence-electron chi connectivity index (χ1n) is 11.2. The molecule has 2 aliphatic carbocycles. The summed E-state index contributed by atoms with van der Waals surface area (Å²) in [6.45, 7) is 12.1. The summed E-state index contributed by atoms with van der Waals surface area (Å²) in [5.41, 5.74) is 10.8. The third kappa shape index (κ3) is 3.89. The largest absolute Gasteiger partial charge is 0.489 e. The van der Waals surface area contributed by atoms with Crippen molar-refractivity contribution in [2.24, 2.45) is 5.41 Å². The van der Waals surface area contributed by atoms with E-state index in [1.165, 1.54) is 5.56 Å². The Morgan fingerprint density at radius 1 is 1.16 bits per heavy atom. The number of hydrogen-bond acceptors (Lipinski definition) is 3. The average molecular weight is 427 g/mol. The maximum atomic E-state index is 12.5. The molecule has 0 bridgehead atoms. The number of hydrogen-bond donors (Lipinski definition) is 0. The van der Waals surface area contributed by atoms with Crippen LogP contribution in [0.2, 0.25) is 0 Å². The molecule has 0 aromatic heterocycles. The van der Waals surface area contributed by atoms with Gasteiger partial charge in [0.1, 0.15) is 12.4 Å². The minimum absolute atomic E-state index is 0.0430. The Morgan fingerprint density at radius 3 is 2.66 bits per heavy atom. The van der Waals surface area contributed by atoms with Gasteiger partial charge in [-0.05, 0) is 85.6 Å². The van der Waals surface area contributed by atoms with Gasteiger partial charge in [0.2, 0.25) is 0 Å². The summed E-state index contributed by atoms with van der Waals surface area (Å²) < 4.78 is 6.15. The summed E-state index contributed by atoms with van der Waals surface area (Å²) in [4.78, 5) is 24.7. The number of carbonyl (C=O) groups is 2. The standard InChI is InChI=1S/C29H30O3/c1-6-18(2)29(5)15-21-10-12-23(14-26(21)27(16-29)20(4)30)32-17-22-11-13-25-24(19(22)3)8-7-9-28(25)31/h10-14,16H,1,7-9,15,17H2,2-5H3. The molecule has 2 aliphatic rings. The molecule has 1 unspecified atom stereocenters. The van der Waals surface area contributed by atoms with Crippen molar-refractivity contribution in [2.45, 2.75) is 60.0 Å². The van der Waals surface area contributed by atoms with E-state index in [0.29, 0.717) is 13.0 Å². The number of fused-ring (bicyclic) bond motifs is 2. The van der Waals surface area contributed by atoms with Crippen LogP contribution >= 0.6 is 0 Å². The van der Waals surface area contributed by atoms with Crippen LogP contribution in [0.1, 0.15) is 71.8 Å². The van der Waals surface area contributed by atoms with Gasteiger partial charge in [-0.1, -0.05) is 37.8 Å². The van der Waals surface area contributed by atoms with Crippen molar-refractivity contribution in [2.75, 3.05) is 0 Å². The molecule has 0 amide bonds. The fraction of sp³-hybridized carbons (Fsp3) is 0.345. The molecule has 0 N–H and O–H groups in total. The molecule has 3 nitrogen and oxygen atoms in total. The van der Waals surface area contributed by atoms with E-state index >= 15 is 0 Å². The molecule has 2 aromatic carbocycles. The maximum absolute atomic E-state index is 12.5. The third-order valence-electron chi connectivity index (χ3n) is 7.13. The molecule has 0 heterocycles. The number of ether oxygens (including phenoxy) is 1. The monoisotopic (exact) mass is 426 g/mol. The van der Waals surface area contributed by atoms with Crippen molar-refractivity contribution in [1.82, 2.24) is 0 Å². The van der Waals surface area contributed by atoms with Crippen molar-refractivity contribution < 1.29 is 14.3 Å². The van der Waals surface area contributed by atoms with Gasteiger partial charge in [-0.25, -0.2) is 0 Å². The first-order chi connectivity index (χ1) is 15.2. The van der Waals surface area contributed by atoms with Gasteiger partial charge in [-0.2, -0.15) is 0 Å². The first-order valence-corrected chi connectivity index (χ1v) is 11.2. The predicted octanol–water partition coefficient (Wildman–Crippen LogP) is 6.36. The molecule has 164 valence electrons. The van der Waals surface area contributed by atoms with E-state index in [2.05, 4.69) is 38.3 Å². The van der Waals surface area contributed by atoms with Gasteiger partial charge < -0.3 is 4.74 Å². The Labute approximate surface area is 190 Å². The number of Topliss-reactive ketones (excluding diaryl/α,β-unsaturated/α-hetero) is 2. The fourth-order valence-corrected chi connectivity index (χ4v) is 4.89. The Morgan fingerprint density at radius 2 is 1.94 bits per heavy atom. The van der Waals surface area contributed by atoms with E-state index in [1.54, 1.807) is 6.92 Å². The van der Waals surface area contributed by atoms with Gasteiger partial charge in [0.15, 0.2) is 11.6 Å². The summed E-state index contributed by atoms with van der Waals surface area (Å²) in [5, 5.41) is 0. The Hall–Kier alpha value is -3.16. The van der Waals surface area contributed by atoms with Gasteiger partial charge in [-0.15, -0.1) is 5.73 Å². The SMILES string of the molecule is C=C=C(C)C1(C)C=C(C(C)=O)c2cc(OCc3ccc4c(c3C)CCCC4=O)ccc2C1. The second-order valence-corrected chi connectivity index (χ2v) is 9.27. The third-order valence-corrected chi connectivity index (χ3v) is 7.13. The summed E-state index contributed by atoms with van der Waals surface area (Å²) in [6.07, 6.45) is 5.36. The second kappa shape index (κ2) is 8.41. The minimum Gasteiger partial charge on any atom is -0.489 e. The molecule has 1 atom stereocenters. The minimum atomic E-state index is -0.268. The lowest BCUT2D eigenvalue weighted by Gasteiger charge is -2.33. The van der Waals surface area contributed by atoms with E-state index in [4.69, 9.17) is 4.74 Å². The van der Waals surface area contributed by atoms with Gasteiger partial charge in [0.05, 0.1) is 0 Å². The summed E-state index contributed by atoms with van der Waals surface area (Å²) in [7, 11) is 0. The van der Waals surface area contributed by atoms with E-state index < -0.39 is 0 Å². The van der Waals surface area contributed by atoms with Crippen LogP contribution in [0.4, 0.5) is 0 Å². The highest BCUT2D eigenvalue weighted by Gasteiger charge is 2.32. The van der Waals surface area contributed by atoms with Crippen LogP contribution in [0.25, 0.3) is 5.57 Å². The molecule has 0 saturated heterocycles. The van der Waals surface area contributed by atoms with Crippen LogP contribution < -0.4 is 4.74 Å². The fourth-order valence-electron chi connectivity index (χ4n) is 4.89. The normalized spacial score (nSPS) is 19.4. The van der Waals surface area contributed by atoms with E-state index in [9.17, 15) is 9.59 Å². The summed E-state index contributed by atoms with van der Waals surface area (Å²) in [5.74, 6) is 1.03. The molecular formula is C29H30O3. The summed E-state index contributed by atoms with van der Waals surface area (Å²) in [6, 6.07) is 9.97. The molecule has 0 fully saturated rings. The zero-order valence-electron chi connectivity index (χ0n) is 19.4. The van der Waals surface area contributed by atoms with Crippen molar-refractivity contribution in [1.29, 1.82) is 0 Å². The Kier molecular flexibility index (Phi) is 5.79. The van der Waals surface area contributed by atoms with E-state index in [0.717, 1.165) is 64.0 Å². The molecule has 0 aliphatic heterocycles. The van der Waals surface area contributed by atoms with Gasteiger partial charge >= 0.3 is 0 Å². The smallest absolute Gasteiger partial charge is 0.163 e.